The zero-order valence-corrected chi connectivity index (χ0v) is 26.6. The summed E-state index contributed by atoms with van der Waals surface area (Å²) >= 11 is 0. The number of fused-ring (bicyclic) bond motifs is 9. The molecule has 0 N–H and O–H groups in total. The number of para-hydroxylation sites is 1. The molecule has 10 rings (SSSR count). The molecular formula is C44H30N2O2. The smallest absolute Gasteiger partial charge is 0.227 e. The van der Waals surface area contributed by atoms with Crippen LogP contribution in [0.2, 0.25) is 0 Å². The highest BCUT2D eigenvalue weighted by atomic mass is 16.3. The predicted molar refractivity (Wildman–Crippen MR) is 196 cm³/mol. The molecule has 228 valence electrons. The monoisotopic (exact) mass is 618 g/mol. The molecule has 0 saturated carbocycles. The van der Waals surface area contributed by atoms with Crippen LogP contribution in [0.3, 0.4) is 0 Å². The molecule has 0 fully saturated rings. The van der Waals surface area contributed by atoms with Crippen LogP contribution in [0.5, 0.6) is 0 Å². The van der Waals surface area contributed by atoms with E-state index in [9.17, 15) is 0 Å². The van der Waals surface area contributed by atoms with E-state index < -0.39 is 0 Å². The quantitative estimate of drug-likeness (QED) is 0.197. The van der Waals surface area contributed by atoms with Crippen molar-refractivity contribution in [2.75, 3.05) is 4.90 Å². The van der Waals surface area contributed by atoms with Crippen molar-refractivity contribution in [3.05, 3.63) is 157 Å². The van der Waals surface area contributed by atoms with E-state index in [-0.39, 0.29) is 5.41 Å². The normalized spacial score (nSPS) is 13.4. The van der Waals surface area contributed by atoms with Gasteiger partial charge in [0.05, 0.1) is 0 Å². The maximum absolute atomic E-state index is 6.49. The van der Waals surface area contributed by atoms with Crippen molar-refractivity contribution in [2.24, 2.45) is 0 Å². The summed E-state index contributed by atoms with van der Waals surface area (Å²) < 4.78 is 12.7. The number of rotatable bonds is 4. The summed E-state index contributed by atoms with van der Waals surface area (Å²) in [5.41, 5.74) is 12.7. The highest BCUT2D eigenvalue weighted by molar-refractivity contribution is 6.08. The number of aromatic nitrogens is 1. The Hall–Kier alpha value is -6.13. The van der Waals surface area contributed by atoms with Crippen LogP contribution in [0, 0.1) is 0 Å². The number of oxazole rings is 1. The van der Waals surface area contributed by atoms with E-state index >= 15 is 0 Å². The molecule has 2 aromatic heterocycles. The van der Waals surface area contributed by atoms with E-state index in [1.165, 1.54) is 22.3 Å². The summed E-state index contributed by atoms with van der Waals surface area (Å²) in [5, 5.41) is 4.32. The average Bonchev–Trinajstić information content (AvgIpc) is 3.80. The topological polar surface area (TPSA) is 42.4 Å². The molecule has 7 aromatic carbocycles. The molecule has 0 saturated heterocycles. The Bertz CT molecular complexity index is 2720. The molecule has 48 heavy (non-hydrogen) atoms. The summed E-state index contributed by atoms with van der Waals surface area (Å²) in [5.74, 6) is 0.623. The van der Waals surface area contributed by atoms with Crippen molar-refractivity contribution in [3.8, 4) is 22.6 Å². The van der Waals surface area contributed by atoms with Crippen molar-refractivity contribution in [1.82, 2.24) is 4.98 Å². The average molecular weight is 619 g/mol. The van der Waals surface area contributed by atoms with Gasteiger partial charge in [-0.05, 0) is 94.4 Å². The zero-order valence-electron chi connectivity index (χ0n) is 26.6. The Morgan fingerprint density at radius 3 is 2.08 bits per heavy atom. The molecule has 4 nitrogen and oxygen atoms in total. The van der Waals surface area contributed by atoms with Gasteiger partial charge in [0.2, 0.25) is 5.89 Å². The van der Waals surface area contributed by atoms with Gasteiger partial charge in [-0.2, -0.15) is 0 Å². The van der Waals surface area contributed by atoms with Gasteiger partial charge in [-0.1, -0.05) is 92.7 Å². The fourth-order valence-corrected chi connectivity index (χ4v) is 7.68. The summed E-state index contributed by atoms with van der Waals surface area (Å²) in [6.07, 6.45) is 0. The minimum absolute atomic E-state index is 0.0682. The standard InChI is InChI=1S/C44H30N2O2/c1-44(2)37-14-8-6-12-32(37)35-25-30(19-21-38(35)44)46(31-20-23-41-36(26-31)33-13-7-9-15-40(33)47-41)29-18-16-27-17-22-39-42(34(27)24-29)48-43(45-39)28-10-4-3-5-11-28/h3-26H,1-2H3. The summed E-state index contributed by atoms with van der Waals surface area (Å²) in [7, 11) is 0. The lowest BCUT2D eigenvalue weighted by atomic mass is 9.82. The third-order valence-corrected chi connectivity index (χ3v) is 10.1. The van der Waals surface area contributed by atoms with Crippen molar-refractivity contribution in [2.45, 2.75) is 19.3 Å². The van der Waals surface area contributed by atoms with Crippen LogP contribution >= 0.6 is 0 Å². The molecule has 0 bridgehead atoms. The van der Waals surface area contributed by atoms with E-state index in [4.69, 9.17) is 13.8 Å². The van der Waals surface area contributed by atoms with Crippen molar-refractivity contribution in [3.63, 3.8) is 0 Å². The third-order valence-electron chi connectivity index (χ3n) is 10.1. The molecule has 0 atom stereocenters. The molecule has 1 aliphatic rings. The van der Waals surface area contributed by atoms with Gasteiger partial charge in [0.1, 0.15) is 16.7 Å². The Kier molecular flexibility index (Phi) is 5.59. The molecule has 0 aliphatic heterocycles. The van der Waals surface area contributed by atoms with E-state index in [2.05, 4.69) is 116 Å². The largest absolute Gasteiger partial charge is 0.456 e. The fraction of sp³-hybridized carbons (Fsp3) is 0.0682. The van der Waals surface area contributed by atoms with Crippen molar-refractivity contribution >= 4 is 60.9 Å². The SMILES string of the molecule is CC1(C)c2ccccc2-c2cc(N(c3ccc4oc5ccccc5c4c3)c3ccc4ccc5nc(-c6ccccc6)oc5c4c3)ccc21. The first kappa shape index (κ1) is 27.0. The van der Waals surface area contributed by atoms with Crippen molar-refractivity contribution in [1.29, 1.82) is 0 Å². The molecular weight excluding hydrogens is 588 g/mol. The van der Waals surface area contributed by atoms with E-state index in [0.717, 1.165) is 66.4 Å². The maximum atomic E-state index is 6.49. The number of hydrogen-bond donors (Lipinski definition) is 0. The molecule has 9 aromatic rings. The van der Waals surface area contributed by atoms with Crippen LogP contribution in [0.25, 0.3) is 66.4 Å². The number of hydrogen-bond acceptors (Lipinski definition) is 4. The number of nitrogens with zero attached hydrogens (tertiary/aromatic N) is 2. The van der Waals surface area contributed by atoms with Crippen LogP contribution in [-0.4, -0.2) is 4.98 Å². The summed E-state index contributed by atoms with van der Waals surface area (Å²) in [4.78, 5) is 7.21. The van der Waals surface area contributed by atoms with Crippen LogP contribution in [0.15, 0.2) is 154 Å². The van der Waals surface area contributed by atoms with Gasteiger partial charge in [-0.15, -0.1) is 0 Å². The fourth-order valence-electron chi connectivity index (χ4n) is 7.68. The minimum Gasteiger partial charge on any atom is -0.456 e. The van der Waals surface area contributed by atoms with Crippen LogP contribution in [-0.2, 0) is 5.41 Å². The van der Waals surface area contributed by atoms with E-state index in [1.54, 1.807) is 0 Å². The Labute approximate surface area is 277 Å². The lowest BCUT2D eigenvalue weighted by molar-refractivity contribution is 0.623. The first-order valence-electron chi connectivity index (χ1n) is 16.4. The molecule has 0 unspecified atom stereocenters. The Balaban J connectivity index is 1.21. The second-order valence-electron chi connectivity index (χ2n) is 13.2. The lowest BCUT2D eigenvalue weighted by Crippen LogP contribution is -2.15. The second kappa shape index (κ2) is 9.93. The van der Waals surface area contributed by atoms with Gasteiger partial charge in [0.25, 0.3) is 0 Å². The van der Waals surface area contributed by atoms with Gasteiger partial charge in [-0.25, -0.2) is 4.98 Å². The maximum Gasteiger partial charge on any atom is 0.227 e. The molecule has 0 amide bonds. The lowest BCUT2D eigenvalue weighted by Gasteiger charge is -2.27. The van der Waals surface area contributed by atoms with Crippen LogP contribution < -0.4 is 4.90 Å². The van der Waals surface area contributed by atoms with Gasteiger partial charge in [-0.3, -0.25) is 0 Å². The number of furan rings is 1. The van der Waals surface area contributed by atoms with Gasteiger partial charge in [0, 0.05) is 44.2 Å². The van der Waals surface area contributed by atoms with Crippen molar-refractivity contribution < 1.29 is 8.83 Å². The number of anilines is 3. The second-order valence-corrected chi connectivity index (χ2v) is 13.2. The van der Waals surface area contributed by atoms with E-state index in [0.29, 0.717) is 5.89 Å². The first-order valence-corrected chi connectivity index (χ1v) is 16.4. The molecule has 4 heteroatoms. The number of benzene rings is 7. The summed E-state index contributed by atoms with van der Waals surface area (Å²) in [6.45, 7) is 4.64. The molecule has 0 spiro atoms. The molecule has 2 heterocycles. The predicted octanol–water partition coefficient (Wildman–Crippen LogP) is 12.3. The zero-order chi connectivity index (χ0) is 32.0. The van der Waals surface area contributed by atoms with Gasteiger partial charge >= 0.3 is 0 Å². The first-order chi connectivity index (χ1) is 23.5. The van der Waals surface area contributed by atoms with Crippen LogP contribution in [0.4, 0.5) is 17.1 Å². The molecule has 1 aliphatic carbocycles. The van der Waals surface area contributed by atoms with Gasteiger partial charge < -0.3 is 13.7 Å². The van der Waals surface area contributed by atoms with Crippen LogP contribution in [0.1, 0.15) is 25.0 Å². The minimum atomic E-state index is -0.0682. The highest BCUT2D eigenvalue weighted by Gasteiger charge is 2.35. The highest BCUT2D eigenvalue weighted by Crippen LogP contribution is 2.51. The van der Waals surface area contributed by atoms with E-state index in [1.807, 2.05) is 48.5 Å². The third kappa shape index (κ3) is 3.93. The summed E-state index contributed by atoms with van der Waals surface area (Å²) in [6, 6.07) is 51.3. The molecule has 0 radical (unpaired) electrons. The Morgan fingerprint density at radius 1 is 0.521 bits per heavy atom. The van der Waals surface area contributed by atoms with Gasteiger partial charge in [0.15, 0.2) is 5.58 Å². The Morgan fingerprint density at radius 2 is 1.19 bits per heavy atom.